The molecule has 0 fully saturated rings. The molecular weight excluding hydrogens is 226 g/mol. The Labute approximate surface area is 100 Å². The van der Waals surface area contributed by atoms with Crippen LogP contribution in [0, 0.1) is 5.92 Å². The van der Waals surface area contributed by atoms with Crippen LogP contribution < -0.4 is 5.32 Å². The first kappa shape index (κ1) is 15.4. The third-order valence-electron chi connectivity index (χ3n) is 2.46. The Kier molecular flexibility index (Phi) is 6.93. The summed E-state index contributed by atoms with van der Waals surface area (Å²) in [7, 11) is 1.17. The van der Waals surface area contributed by atoms with Crippen molar-refractivity contribution in [3.63, 3.8) is 0 Å². The summed E-state index contributed by atoms with van der Waals surface area (Å²) >= 11 is 0. The predicted molar refractivity (Wildman–Crippen MR) is 60.3 cm³/mol. The minimum atomic E-state index is -1.24. The lowest BCUT2D eigenvalue weighted by atomic mass is 10.0. The van der Waals surface area contributed by atoms with E-state index in [0.29, 0.717) is 0 Å². The Morgan fingerprint density at radius 2 is 1.88 bits per heavy atom. The first-order chi connectivity index (χ1) is 7.90. The highest BCUT2D eigenvalue weighted by Crippen LogP contribution is 2.06. The van der Waals surface area contributed by atoms with E-state index < -0.39 is 18.0 Å². The molecule has 0 aromatic heterocycles. The van der Waals surface area contributed by atoms with Gasteiger partial charge in [0.05, 0.1) is 13.5 Å². The summed E-state index contributed by atoms with van der Waals surface area (Å²) in [6, 6.07) is -1.22. The van der Waals surface area contributed by atoms with E-state index in [1.165, 1.54) is 7.11 Å². The average molecular weight is 245 g/mol. The molecule has 0 aromatic carbocycles. The molecule has 6 heteroatoms. The molecular formula is C11H19NO5. The van der Waals surface area contributed by atoms with E-state index in [4.69, 9.17) is 5.11 Å². The zero-order valence-electron chi connectivity index (χ0n) is 10.4. The third kappa shape index (κ3) is 6.55. The Hall–Kier alpha value is -1.59. The summed E-state index contributed by atoms with van der Waals surface area (Å²) in [5.74, 6) is -2.09. The number of carbonyl (C=O) groups excluding carboxylic acids is 2. The van der Waals surface area contributed by atoms with Gasteiger partial charge in [-0.2, -0.15) is 0 Å². The Balaban J connectivity index is 4.30. The summed E-state index contributed by atoms with van der Waals surface area (Å²) < 4.78 is 4.36. The SMILES string of the molecule is CCC(C)CC(=O)N[C@@H](CC(=O)OC)C(=O)O. The molecule has 0 aliphatic rings. The van der Waals surface area contributed by atoms with E-state index in [1.54, 1.807) is 0 Å². The lowest BCUT2D eigenvalue weighted by Crippen LogP contribution is -2.42. The number of ether oxygens (including phenoxy) is 1. The van der Waals surface area contributed by atoms with Crippen molar-refractivity contribution in [2.24, 2.45) is 5.92 Å². The highest BCUT2D eigenvalue weighted by atomic mass is 16.5. The van der Waals surface area contributed by atoms with Gasteiger partial charge in [0.25, 0.3) is 0 Å². The van der Waals surface area contributed by atoms with Gasteiger partial charge in [-0.3, -0.25) is 9.59 Å². The maximum atomic E-state index is 11.5. The summed E-state index contributed by atoms with van der Waals surface area (Å²) in [5.41, 5.74) is 0. The van der Waals surface area contributed by atoms with Crippen LogP contribution >= 0.6 is 0 Å². The maximum Gasteiger partial charge on any atom is 0.326 e. The van der Waals surface area contributed by atoms with Crippen molar-refractivity contribution in [1.29, 1.82) is 0 Å². The smallest absolute Gasteiger partial charge is 0.326 e. The molecule has 0 aromatic rings. The van der Waals surface area contributed by atoms with Crippen molar-refractivity contribution in [1.82, 2.24) is 5.32 Å². The van der Waals surface area contributed by atoms with E-state index in [-0.39, 0.29) is 24.7 Å². The van der Waals surface area contributed by atoms with Gasteiger partial charge in [0.2, 0.25) is 5.91 Å². The summed E-state index contributed by atoms with van der Waals surface area (Å²) in [6.07, 6.45) is 0.724. The molecule has 0 aliphatic carbocycles. The van der Waals surface area contributed by atoms with Crippen molar-refractivity contribution in [2.45, 2.75) is 39.2 Å². The number of carboxylic acids is 1. The molecule has 2 N–H and O–H groups in total. The second-order valence-corrected chi connectivity index (χ2v) is 3.96. The van der Waals surface area contributed by atoms with Gasteiger partial charge in [-0.05, 0) is 5.92 Å². The van der Waals surface area contributed by atoms with Crippen LogP contribution in [0.5, 0.6) is 0 Å². The van der Waals surface area contributed by atoms with Crippen LogP contribution in [0.3, 0.4) is 0 Å². The molecule has 1 amide bonds. The van der Waals surface area contributed by atoms with Gasteiger partial charge in [0.15, 0.2) is 0 Å². The van der Waals surface area contributed by atoms with E-state index in [1.807, 2.05) is 13.8 Å². The lowest BCUT2D eigenvalue weighted by Gasteiger charge is -2.14. The van der Waals surface area contributed by atoms with Crippen molar-refractivity contribution in [2.75, 3.05) is 7.11 Å². The Morgan fingerprint density at radius 1 is 1.29 bits per heavy atom. The zero-order valence-corrected chi connectivity index (χ0v) is 10.4. The molecule has 0 heterocycles. The van der Waals surface area contributed by atoms with Gasteiger partial charge >= 0.3 is 11.9 Å². The number of carboxylic acid groups (broad SMARTS) is 1. The van der Waals surface area contributed by atoms with Crippen molar-refractivity contribution >= 4 is 17.8 Å². The summed E-state index contributed by atoms with van der Waals surface area (Å²) in [4.78, 5) is 33.2. The molecule has 0 bridgehead atoms. The fourth-order valence-corrected chi connectivity index (χ4v) is 1.16. The predicted octanol–water partition coefficient (Wildman–Crippen LogP) is 0.555. The monoisotopic (exact) mass is 245 g/mol. The number of rotatable bonds is 7. The molecule has 98 valence electrons. The molecule has 0 radical (unpaired) electrons. The minimum absolute atomic E-state index is 0.183. The molecule has 1 unspecified atom stereocenters. The van der Waals surface area contributed by atoms with E-state index in [0.717, 1.165) is 6.42 Å². The van der Waals surface area contributed by atoms with Crippen LogP contribution in [0.1, 0.15) is 33.1 Å². The molecule has 0 spiro atoms. The number of esters is 1. The van der Waals surface area contributed by atoms with Crippen molar-refractivity contribution < 1.29 is 24.2 Å². The summed E-state index contributed by atoms with van der Waals surface area (Å²) in [6.45, 7) is 3.84. The number of carbonyl (C=O) groups is 3. The third-order valence-corrected chi connectivity index (χ3v) is 2.46. The van der Waals surface area contributed by atoms with E-state index in [2.05, 4.69) is 10.1 Å². The first-order valence-corrected chi connectivity index (χ1v) is 5.49. The second kappa shape index (κ2) is 7.65. The number of hydrogen-bond acceptors (Lipinski definition) is 4. The first-order valence-electron chi connectivity index (χ1n) is 5.49. The van der Waals surface area contributed by atoms with Gasteiger partial charge in [0, 0.05) is 6.42 Å². The highest BCUT2D eigenvalue weighted by molar-refractivity contribution is 5.87. The maximum absolute atomic E-state index is 11.5. The molecule has 0 saturated heterocycles. The topological polar surface area (TPSA) is 92.7 Å². The fraction of sp³-hybridized carbons (Fsp3) is 0.727. The lowest BCUT2D eigenvalue weighted by molar-refractivity contribution is -0.148. The molecule has 0 saturated carbocycles. The number of hydrogen-bond donors (Lipinski definition) is 2. The zero-order chi connectivity index (χ0) is 13.4. The van der Waals surface area contributed by atoms with Gasteiger partial charge in [-0.25, -0.2) is 4.79 Å². The van der Waals surface area contributed by atoms with Gasteiger partial charge in [-0.1, -0.05) is 20.3 Å². The Bertz CT molecular complexity index is 290. The molecule has 6 nitrogen and oxygen atoms in total. The van der Waals surface area contributed by atoms with E-state index >= 15 is 0 Å². The number of aliphatic carboxylic acids is 1. The van der Waals surface area contributed by atoms with Crippen LogP contribution in [0.15, 0.2) is 0 Å². The van der Waals surface area contributed by atoms with Crippen molar-refractivity contribution in [3.05, 3.63) is 0 Å². The van der Waals surface area contributed by atoms with Crippen LogP contribution in [0.25, 0.3) is 0 Å². The Morgan fingerprint density at radius 3 is 2.29 bits per heavy atom. The van der Waals surface area contributed by atoms with Gasteiger partial charge in [0.1, 0.15) is 6.04 Å². The highest BCUT2D eigenvalue weighted by Gasteiger charge is 2.23. The van der Waals surface area contributed by atoms with Crippen molar-refractivity contribution in [3.8, 4) is 0 Å². The minimum Gasteiger partial charge on any atom is -0.480 e. The number of nitrogens with one attached hydrogen (secondary N) is 1. The number of amides is 1. The number of methoxy groups -OCH3 is 1. The van der Waals surface area contributed by atoms with Crippen LogP contribution in [-0.4, -0.2) is 36.1 Å². The molecule has 17 heavy (non-hydrogen) atoms. The standard InChI is InChI=1S/C11H19NO5/c1-4-7(2)5-9(13)12-8(11(15)16)6-10(14)17-3/h7-8H,4-6H2,1-3H3,(H,12,13)(H,15,16)/t7?,8-/m0/s1. The quantitative estimate of drug-likeness (QED) is 0.639. The van der Waals surface area contributed by atoms with Crippen LogP contribution in [0.4, 0.5) is 0 Å². The van der Waals surface area contributed by atoms with Gasteiger partial charge in [-0.15, -0.1) is 0 Å². The average Bonchev–Trinajstić information content (AvgIpc) is 2.27. The second-order valence-electron chi connectivity index (χ2n) is 3.96. The summed E-state index contributed by atoms with van der Waals surface area (Å²) in [5, 5.41) is 11.1. The van der Waals surface area contributed by atoms with E-state index in [9.17, 15) is 14.4 Å². The van der Waals surface area contributed by atoms with Gasteiger partial charge < -0.3 is 15.2 Å². The molecule has 0 rings (SSSR count). The fourth-order valence-electron chi connectivity index (χ4n) is 1.16. The van der Waals surface area contributed by atoms with Crippen LogP contribution in [0.2, 0.25) is 0 Å². The normalized spacial score (nSPS) is 13.6. The van der Waals surface area contributed by atoms with Crippen LogP contribution in [-0.2, 0) is 19.1 Å². The molecule has 2 atom stereocenters. The largest absolute Gasteiger partial charge is 0.480 e. The molecule has 0 aliphatic heterocycles.